The molecule has 14 heavy (non-hydrogen) atoms. The van der Waals surface area contributed by atoms with Crippen LogP contribution in [-0.4, -0.2) is 26.0 Å². The van der Waals surface area contributed by atoms with E-state index in [4.69, 9.17) is 5.73 Å². The molecule has 1 unspecified atom stereocenters. The summed E-state index contributed by atoms with van der Waals surface area (Å²) in [6.45, 7) is 3.96. The third kappa shape index (κ3) is 8.51. The number of rotatable bonds is 8. The van der Waals surface area contributed by atoms with Gasteiger partial charge in [-0.3, -0.25) is 0 Å². The summed E-state index contributed by atoms with van der Waals surface area (Å²) >= 11 is 0. The van der Waals surface area contributed by atoms with Crippen LogP contribution in [0.3, 0.4) is 0 Å². The third-order valence-corrected chi connectivity index (χ3v) is 4.00. The molecule has 0 fully saturated rings. The highest BCUT2D eigenvalue weighted by molar-refractivity contribution is 7.91. The van der Waals surface area contributed by atoms with E-state index >= 15 is 0 Å². The average Bonchev–Trinajstić information content (AvgIpc) is 2.09. The maximum Gasteiger partial charge on any atom is 0.150 e. The largest absolute Gasteiger partial charge is 0.328 e. The van der Waals surface area contributed by atoms with E-state index in [1.54, 1.807) is 0 Å². The van der Waals surface area contributed by atoms with Crippen molar-refractivity contribution in [2.24, 2.45) is 5.73 Å². The van der Waals surface area contributed by atoms with Crippen molar-refractivity contribution in [3.8, 4) is 0 Å². The van der Waals surface area contributed by atoms with Crippen LogP contribution < -0.4 is 5.73 Å². The van der Waals surface area contributed by atoms with Gasteiger partial charge in [-0.25, -0.2) is 8.42 Å². The van der Waals surface area contributed by atoms with Gasteiger partial charge in [-0.05, 0) is 26.2 Å². The van der Waals surface area contributed by atoms with Crippen LogP contribution in [0.1, 0.15) is 46.0 Å². The molecule has 0 saturated heterocycles. The molecule has 2 N–H and O–H groups in total. The summed E-state index contributed by atoms with van der Waals surface area (Å²) in [5.41, 5.74) is 5.57. The maximum atomic E-state index is 11.4. The Labute approximate surface area is 88.0 Å². The lowest BCUT2D eigenvalue weighted by Gasteiger charge is -2.05. The van der Waals surface area contributed by atoms with Crippen molar-refractivity contribution in [2.75, 3.05) is 11.5 Å². The van der Waals surface area contributed by atoms with Crippen LogP contribution in [0.4, 0.5) is 0 Å². The minimum absolute atomic E-state index is 0.188. The molecule has 0 aromatic carbocycles. The van der Waals surface area contributed by atoms with Crippen molar-refractivity contribution in [1.82, 2.24) is 0 Å². The van der Waals surface area contributed by atoms with Crippen LogP contribution in [0.15, 0.2) is 0 Å². The number of unbranched alkanes of at least 4 members (excludes halogenated alkanes) is 2. The van der Waals surface area contributed by atoms with Crippen LogP contribution >= 0.6 is 0 Å². The van der Waals surface area contributed by atoms with Gasteiger partial charge in [0.1, 0.15) is 9.84 Å². The summed E-state index contributed by atoms with van der Waals surface area (Å²) in [4.78, 5) is 0. The maximum absolute atomic E-state index is 11.4. The monoisotopic (exact) mass is 221 g/mol. The fourth-order valence-electron chi connectivity index (χ4n) is 1.25. The van der Waals surface area contributed by atoms with E-state index in [0.29, 0.717) is 11.5 Å². The predicted octanol–water partition coefficient (Wildman–Crippen LogP) is 1.72. The first kappa shape index (κ1) is 13.9. The van der Waals surface area contributed by atoms with E-state index in [0.717, 1.165) is 32.1 Å². The Morgan fingerprint density at radius 2 is 1.71 bits per heavy atom. The first-order chi connectivity index (χ1) is 6.48. The molecule has 3 nitrogen and oxygen atoms in total. The van der Waals surface area contributed by atoms with Crippen molar-refractivity contribution < 1.29 is 8.42 Å². The van der Waals surface area contributed by atoms with Gasteiger partial charge in [0, 0.05) is 6.04 Å². The molecular formula is C10H23NO2S. The Morgan fingerprint density at radius 3 is 2.21 bits per heavy atom. The highest BCUT2D eigenvalue weighted by atomic mass is 32.2. The summed E-state index contributed by atoms with van der Waals surface area (Å²) in [5, 5.41) is 0. The van der Waals surface area contributed by atoms with Gasteiger partial charge in [0.05, 0.1) is 11.5 Å². The number of nitrogens with two attached hydrogens (primary N) is 1. The second-order valence-electron chi connectivity index (χ2n) is 3.98. The molecule has 0 aromatic rings. The van der Waals surface area contributed by atoms with Crippen LogP contribution in [0.5, 0.6) is 0 Å². The highest BCUT2D eigenvalue weighted by Gasteiger charge is 2.09. The second-order valence-corrected chi connectivity index (χ2v) is 6.28. The summed E-state index contributed by atoms with van der Waals surface area (Å²) in [7, 11) is -2.78. The number of sulfone groups is 1. The van der Waals surface area contributed by atoms with E-state index in [1.807, 2.05) is 13.8 Å². The van der Waals surface area contributed by atoms with E-state index in [2.05, 4.69) is 0 Å². The van der Waals surface area contributed by atoms with Gasteiger partial charge < -0.3 is 5.73 Å². The van der Waals surface area contributed by atoms with Crippen LogP contribution in [0.2, 0.25) is 0 Å². The molecule has 0 saturated carbocycles. The van der Waals surface area contributed by atoms with Crippen molar-refractivity contribution in [3.05, 3.63) is 0 Å². The fraction of sp³-hybridized carbons (Fsp3) is 1.00. The lowest BCUT2D eigenvalue weighted by atomic mass is 10.2. The zero-order chi connectivity index (χ0) is 11.0. The number of hydrogen-bond donors (Lipinski definition) is 1. The molecule has 4 heteroatoms. The van der Waals surface area contributed by atoms with E-state index in [9.17, 15) is 8.42 Å². The summed E-state index contributed by atoms with van der Waals surface area (Å²) in [6.07, 6.45) is 4.33. The standard InChI is InChI=1S/C10H23NO2S/c1-3-4-8-14(12,13)9-6-5-7-10(2)11/h10H,3-9,11H2,1-2H3. The molecule has 0 spiro atoms. The zero-order valence-electron chi connectivity index (χ0n) is 9.33. The van der Waals surface area contributed by atoms with Gasteiger partial charge in [0.25, 0.3) is 0 Å². The van der Waals surface area contributed by atoms with E-state index in [-0.39, 0.29) is 6.04 Å². The molecular weight excluding hydrogens is 198 g/mol. The van der Waals surface area contributed by atoms with Gasteiger partial charge in [-0.1, -0.05) is 19.8 Å². The van der Waals surface area contributed by atoms with Crippen LogP contribution in [0, 0.1) is 0 Å². The Morgan fingerprint density at radius 1 is 1.14 bits per heavy atom. The topological polar surface area (TPSA) is 60.2 Å². The quantitative estimate of drug-likeness (QED) is 0.635. The lowest BCUT2D eigenvalue weighted by molar-refractivity contribution is 0.578. The minimum Gasteiger partial charge on any atom is -0.328 e. The van der Waals surface area contributed by atoms with Crippen LogP contribution in [0.25, 0.3) is 0 Å². The van der Waals surface area contributed by atoms with Gasteiger partial charge >= 0.3 is 0 Å². The van der Waals surface area contributed by atoms with Crippen LogP contribution in [-0.2, 0) is 9.84 Å². The minimum atomic E-state index is -2.78. The van der Waals surface area contributed by atoms with Crippen molar-refractivity contribution in [3.63, 3.8) is 0 Å². The molecule has 1 atom stereocenters. The first-order valence-electron chi connectivity index (χ1n) is 5.44. The molecule has 0 aliphatic heterocycles. The molecule has 0 radical (unpaired) electrons. The molecule has 86 valence electrons. The first-order valence-corrected chi connectivity index (χ1v) is 7.26. The molecule has 0 aliphatic carbocycles. The molecule has 0 bridgehead atoms. The van der Waals surface area contributed by atoms with Gasteiger partial charge in [0.2, 0.25) is 0 Å². The predicted molar refractivity (Wildman–Crippen MR) is 61.1 cm³/mol. The Hall–Kier alpha value is -0.0900. The summed E-state index contributed by atoms with van der Waals surface area (Å²) < 4.78 is 22.8. The Kier molecular flexibility index (Phi) is 7.19. The normalized spacial score (nSPS) is 14.2. The fourth-order valence-corrected chi connectivity index (χ4v) is 2.83. The molecule has 0 heterocycles. The number of hydrogen-bond acceptors (Lipinski definition) is 3. The molecule has 0 aliphatic rings. The second kappa shape index (κ2) is 7.23. The molecule has 0 aromatic heterocycles. The highest BCUT2D eigenvalue weighted by Crippen LogP contribution is 2.04. The summed E-state index contributed by atoms with van der Waals surface area (Å²) in [6, 6.07) is 0.188. The molecule has 0 amide bonds. The summed E-state index contributed by atoms with van der Waals surface area (Å²) in [5.74, 6) is 0.682. The smallest absolute Gasteiger partial charge is 0.150 e. The average molecular weight is 221 g/mol. The van der Waals surface area contributed by atoms with E-state index < -0.39 is 9.84 Å². The Balaban J connectivity index is 3.56. The zero-order valence-corrected chi connectivity index (χ0v) is 10.1. The SMILES string of the molecule is CCCCS(=O)(=O)CCCCC(C)N. The van der Waals surface area contributed by atoms with Crippen molar-refractivity contribution in [2.45, 2.75) is 52.0 Å². The van der Waals surface area contributed by atoms with E-state index in [1.165, 1.54) is 0 Å². The molecule has 0 rings (SSSR count). The van der Waals surface area contributed by atoms with Gasteiger partial charge in [-0.2, -0.15) is 0 Å². The van der Waals surface area contributed by atoms with Crippen molar-refractivity contribution in [1.29, 1.82) is 0 Å². The Bertz CT molecular complexity index is 222. The van der Waals surface area contributed by atoms with Gasteiger partial charge in [0.15, 0.2) is 0 Å². The third-order valence-electron chi connectivity index (χ3n) is 2.17. The van der Waals surface area contributed by atoms with Crippen molar-refractivity contribution >= 4 is 9.84 Å². The van der Waals surface area contributed by atoms with Gasteiger partial charge in [-0.15, -0.1) is 0 Å². The lowest BCUT2D eigenvalue weighted by Crippen LogP contribution is -2.15.